The van der Waals surface area contributed by atoms with Crippen LogP contribution in [0.4, 0.5) is 0 Å². The highest BCUT2D eigenvalue weighted by Gasteiger charge is 2.44. The first-order valence-corrected chi connectivity index (χ1v) is 10.4. The highest BCUT2D eigenvalue weighted by atomic mass is 16.5. The zero-order valence-electron chi connectivity index (χ0n) is 17.7. The largest absolute Gasteiger partial charge is 0.489 e. The number of carbonyl (C=O) groups is 1. The van der Waals surface area contributed by atoms with Crippen LogP contribution >= 0.6 is 0 Å². The van der Waals surface area contributed by atoms with Crippen molar-refractivity contribution in [2.45, 2.75) is 37.9 Å². The van der Waals surface area contributed by atoms with E-state index in [-0.39, 0.29) is 5.91 Å². The minimum absolute atomic E-state index is 0.0598. The molecule has 0 spiro atoms. The van der Waals surface area contributed by atoms with Crippen LogP contribution in [0.5, 0.6) is 5.75 Å². The average Bonchev–Trinajstić information content (AvgIpc) is 2.74. The van der Waals surface area contributed by atoms with Crippen molar-refractivity contribution in [2.75, 3.05) is 33.7 Å². The summed E-state index contributed by atoms with van der Waals surface area (Å²) in [6, 6.07) is 17.6. The summed E-state index contributed by atoms with van der Waals surface area (Å²) in [7, 11) is 3.49. The molecule has 1 unspecified atom stereocenters. The van der Waals surface area contributed by atoms with Gasteiger partial charge in [0.2, 0.25) is 5.91 Å². The van der Waals surface area contributed by atoms with Crippen LogP contribution in [0.2, 0.25) is 0 Å². The number of nitrogens with zero attached hydrogens (tertiary/aromatic N) is 2. The van der Waals surface area contributed by atoms with Gasteiger partial charge in [0.1, 0.15) is 12.4 Å². The fraction of sp³-hybridized carbons (Fsp3) is 0.458. The molecule has 2 aromatic carbocycles. The lowest BCUT2D eigenvalue weighted by Crippen LogP contribution is -2.51. The maximum absolute atomic E-state index is 13.0. The normalized spacial score (nSPS) is 17.5. The second-order valence-corrected chi connectivity index (χ2v) is 8.05. The number of carbonyl (C=O) groups excluding carboxylic acids is 1. The lowest BCUT2D eigenvalue weighted by Gasteiger charge is -2.43. The van der Waals surface area contributed by atoms with Gasteiger partial charge in [0.05, 0.1) is 11.5 Å². The van der Waals surface area contributed by atoms with Crippen LogP contribution in [0.15, 0.2) is 54.6 Å². The molecule has 1 aliphatic heterocycles. The number of hydrogen-bond donors (Lipinski definition) is 1. The van der Waals surface area contributed by atoms with Crippen molar-refractivity contribution < 1.29 is 14.6 Å². The van der Waals surface area contributed by atoms with Crippen molar-refractivity contribution in [2.24, 2.45) is 0 Å². The molecule has 156 valence electrons. The zero-order valence-corrected chi connectivity index (χ0v) is 17.7. The first kappa shape index (κ1) is 21.3. The molecule has 29 heavy (non-hydrogen) atoms. The Balaban J connectivity index is 1.76. The van der Waals surface area contributed by atoms with E-state index in [0.717, 1.165) is 36.5 Å². The third-order valence-corrected chi connectivity index (χ3v) is 5.86. The maximum Gasteiger partial charge on any atom is 0.232 e. The first-order valence-electron chi connectivity index (χ1n) is 10.4. The molecule has 2 aromatic rings. The third kappa shape index (κ3) is 5.17. The van der Waals surface area contributed by atoms with Gasteiger partial charge in [0, 0.05) is 27.2 Å². The van der Waals surface area contributed by atoms with Gasteiger partial charge in [0.15, 0.2) is 0 Å². The zero-order chi connectivity index (χ0) is 20.9. The van der Waals surface area contributed by atoms with Crippen LogP contribution in [0.25, 0.3) is 0 Å². The number of ether oxygens (including phenoxy) is 1. The van der Waals surface area contributed by atoms with Crippen LogP contribution in [0, 0.1) is 0 Å². The molecule has 1 fully saturated rings. The summed E-state index contributed by atoms with van der Waals surface area (Å²) in [5.74, 6) is 0.122. The van der Waals surface area contributed by atoms with E-state index in [9.17, 15) is 9.90 Å². The summed E-state index contributed by atoms with van der Waals surface area (Å²) in [6.07, 6.45) is 1.19. The van der Waals surface area contributed by atoms with E-state index in [2.05, 4.69) is 11.8 Å². The highest BCUT2D eigenvalue weighted by Crippen LogP contribution is 2.38. The smallest absolute Gasteiger partial charge is 0.232 e. The lowest BCUT2D eigenvalue weighted by atomic mass is 9.75. The van der Waals surface area contributed by atoms with Gasteiger partial charge >= 0.3 is 0 Å². The van der Waals surface area contributed by atoms with E-state index >= 15 is 0 Å². The summed E-state index contributed by atoms with van der Waals surface area (Å²) in [5, 5.41) is 11.4. The molecular weight excluding hydrogens is 364 g/mol. The number of aliphatic hydroxyl groups is 1. The summed E-state index contributed by atoms with van der Waals surface area (Å²) in [5.41, 5.74) is 0.914. The second kappa shape index (κ2) is 9.42. The van der Waals surface area contributed by atoms with Crippen molar-refractivity contribution in [3.05, 3.63) is 65.7 Å². The second-order valence-electron chi connectivity index (χ2n) is 8.05. The monoisotopic (exact) mass is 396 g/mol. The van der Waals surface area contributed by atoms with E-state index in [4.69, 9.17) is 4.74 Å². The molecule has 5 nitrogen and oxygen atoms in total. The van der Waals surface area contributed by atoms with Crippen molar-refractivity contribution in [1.82, 2.24) is 9.80 Å². The summed E-state index contributed by atoms with van der Waals surface area (Å²) in [6.45, 7) is 5.21. The van der Waals surface area contributed by atoms with Crippen LogP contribution in [0.1, 0.15) is 36.8 Å². The number of hydrogen-bond acceptors (Lipinski definition) is 4. The van der Waals surface area contributed by atoms with E-state index in [1.807, 2.05) is 54.6 Å². The Morgan fingerprint density at radius 2 is 1.72 bits per heavy atom. The predicted octanol–water partition coefficient (Wildman–Crippen LogP) is 3.28. The van der Waals surface area contributed by atoms with Gasteiger partial charge in [-0.2, -0.15) is 0 Å². The topological polar surface area (TPSA) is 53.0 Å². The van der Waals surface area contributed by atoms with E-state index in [1.165, 1.54) is 0 Å². The van der Waals surface area contributed by atoms with Gasteiger partial charge in [0.25, 0.3) is 0 Å². The molecule has 5 heteroatoms. The fourth-order valence-electron chi connectivity index (χ4n) is 3.98. The molecule has 1 N–H and O–H groups in total. The van der Waals surface area contributed by atoms with E-state index in [0.29, 0.717) is 19.4 Å². The van der Waals surface area contributed by atoms with Crippen LogP contribution < -0.4 is 4.74 Å². The predicted molar refractivity (Wildman–Crippen MR) is 115 cm³/mol. The quantitative estimate of drug-likeness (QED) is 0.780. The van der Waals surface area contributed by atoms with Gasteiger partial charge < -0.3 is 19.6 Å². The van der Waals surface area contributed by atoms with Crippen LogP contribution in [-0.4, -0.2) is 60.1 Å². The lowest BCUT2D eigenvalue weighted by molar-refractivity contribution is -0.140. The Morgan fingerprint density at radius 3 is 2.28 bits per heavy atom. The van der Waals surface area contributed by atoms with Crippen LogP contribution in [-0.2, 0) is 11.4 Å². The Bertz CT molecular complexity index is 782. The molecule has 0 bridgehead atoms. The average molecular weight is 397 g/mol. The maximum atomic E-state index is 13.0. The first-order chi connectivity index (χ1) is 13.9. The van der Waals surface area contributed by atoms with Gasteiger partial charge in [-0.05, 0) is 42.6 Å². The van der Waals surface area contributed by atoms with Gasteiger partial charge in [-0.1, -0.05) is 49.4 Å². The van der Waals surface area contributed by atoms with Crippen molar-refractivity contribution in [1.29, 1.82) is 0 Å². The Hall–Kier alpha value is -2.37. The number of amides is 1. The van der Waals surface area contributed by atoms with Crippen LogP contribution in [0.3, 0.4) is 0 Å². The minimum atomic E-state index is -1.03. The van der Waals surface area contributed by atoms with Gasteiger partial charge in [-0.25, -0.2) is 0 Å². The molecule has 0 radical (unpaired) electrons. The molecule has 0 saturated carbocycles. The summed E-state index contributed by atoms with van der Waals surface area (Å²) < 4.78 is 5.87. The fourth-order valence-corrected chi connectivity index (χ4v) is 3.98. The number of likely N-dealkylation sites (N-methyl/N-ethyl adjacent to an activating group) is 1. The molecular formula is C24H32N2O3. The van der Waals surface area contributed by atoms with Crippen molar-refractivity contribution in [3.63, 3.8) is 0 Å². The minimum Gasteiger partial charge on any atom is -0.489 e. The van der Waals surface area contributed by atoms with Gasteiger partial charge in [-0.15, -0.1) is 0 Å². The third-order valence-electron chi connectivity index (χ3n) is 5.86. The highest BCUT2D eigenvalue weighted by molar-refractivity contribution is 5.84. The molecule has 1 amide bonds. The SMILES string of the molecule is CCN1CCC(O)(C(C(=O)N(C)C)c2ccc(OCc3ccccc3)cc2)CC1. The molecule has 0 aromatic heterocycles. The standard InChI is InChI=1S/C24H32N2O3/c1-4-26-16-14-24(28,15-17-26)22(23(27)25(2)3)20-10-12-21(13-11-20)29-18-19-8-6-5-7-9-19/h5-13,22,28H,4,14-18H2,1-3H3. The molecule has 0 aliphatic carbocycles. The van der Waals surface area contributed by atoms with Crippen molar-refractivity contribution >= 4 is 5.91 Å². The molecule has 1 saturated heterocycles. The summed E-state index contributed by atoms with van der Waals surface area (Å²) in [4.78, 5) is 16.9. The number of piperidine rings is 1. The molecule has 1 aliphatic rings. The van der Waals surface area contributed by atoms with E-state index in [1.54, 1.807) is 19.0 Å². The number of likely N-dealkylation sites (tertiary alicyclic amines) is 1. The number of benzene rings is 2. The number of rotatable bonds is 7. The van der Waals surface area contributed by atoms with Gasteiger partial charge in [-0.3, -0.25) is 4.79 Å². The van der Waals surface area contributed by atoms with E-state index < -0.39 is 11.5 Å². The Kier molecular flexibility index (Phi) is 6.93. The molecule has 1 heterocycles. The molecule has 3 rings (SSSR count). The summed E-state index contributed by atoms with van der Waals surface area (Å²) >= 11 is 0. The molecule has 1 atom stereocenters. The Labute approximate surface area is 173 Å². The van der Waals surface area contributed by atoms with Crippen molar-refractivity contribution in [3.8, 4) is 5.75 Å². The Morgan fingerprint density at radius 1 is 1.10 bits per heavy atom.